The Kier molecular flexibility index (Phi) is 4.41. The number of aliphatic hydroxyl groups is 1. The van der Waals surface area contributed by atoms with Crippen LogP contribution in [0.15, 0.2) is 24.4 Å². The summed E-state index contributed by atoms with van der Waals surface area (Å²) in [6, 6.07) is 6.79. The summed E-state index contributed by atoms with van der Waals surface area (Å²) in [6.45, 7) is 4.95. The summed E-state index contributed by atoms with van der Waals surface area (Å²) < 4.78 is 2.17. The van der Waals surface area contributed by atoms with Crippen molar-refractivity contribution in [2.75, 3.05) is 24.6 Å². The predicted octanol–water partition coefficient (Wildman–Crippen LogP) is 1.80. The number of nitrogens with zero attached hydrogens (tertiary/aromatic N) is 3. The third-order valence-corrected chi connectivity index (χ3v) is 4.01. The van der Waals surface area contributed by atoms with Crippen LogP contribution in [0.4, 0.5) is 5.82 Å². The lowest BCUT2D eigenvalue weighted by atomic mass is 10.3. The number of anilines is 1. The Labute approximate surface area is 125 Å². The smallest absolute Gasteiger partial charge is 0.152 e. The molecule has 1 saturated carbocycles. The molecule has 0 atom stereocenters. The van der Waals surface area contributed by atoms with Gasteiger partial charge in [-0.05, 0) is 38.3 Å². The Morgan fingerprint density at radius 1 is 1.43 bits per heavy atom. The number of hydrogen-bond acceptors (Lipinski definition) is 4. The van der Waals surface area contributed by atoms with Crippen molar-refractivity contribution >= 4 is 11.5 Å². The monoisotopic (exact) mass is 288 g/mol. The van der Waals surface area contributed by atoms with Gasteiger partial charge in [0.1, 0.15) is 5.65 Å². The molecule has 0 aromatic carbocycles. The van der Waals surface area contributed by atoms with Crippen molar-refractivity contribution in [1.82, 2.24) is 14.7 Å². The van der Waals surface area contributed by atoms with E-state index in [4.69, 9.17) is 10.1 Å². The van der Waals surface area contributed by atoms with E-state index in [0.717, 1.165) is 37.5 Å². The Bertz CT molecular complexity index is 591. The fraction of sp³-hybridized carbons (Fsp3) is 0.562. The molecule has 2 N–H and O–H groups in total. The molecule has 0 amide bonds. The molecule has 1 aliphatic rings. The SMILES string of the molecule is CCN(CCCO)c1nc2ccccn2c1CNC1CC1. The molecule has 0 saturated heterocycles. The number of pyridine rings is 1. The molecule has 1 fully saturated rings. The molecule has 0 aliphatic heterocycles. The summed E-state index contributed by atoms with van der Waals surface area (Å²) in [5, 5.41) is 12.7. The highest BCUT2D eigenvalue weighted by Gasteiger charge is 2.23. The highest BCUT2D eigenvalue weighted by molar-refractivity contribution is 5.56. The summed E-state index contributed by atoms with van der Waals surface area (Å²) >= 11 is 0. The third-order valence-electron chi connectivity index (χ3n) is 4.01. The van der Waals surface area contributed by atoms with Crippen molar-refractivity contribution in [3.05, 3.63) is 30.1 Å². The summed E-state index contributed by atoms with van der Waals surface area (Å²) in [4.78, 5) is 7.06. The van der Waals surface area contributed by atoms with E-state index in [-0.39, 0.29) is 6.61 Å². The first kappa shape index (κ1) is 14.4. The van der Waals surface area contributed by atoms with Crippen molar-refractivity contribution in [2.24, 2.45) is 0 Å². The minimum Gasteiger partial charge on any atom is -0.396 e. The van der Waals surface area contributed by atoms with E-state index in [9.17, 15) is 0 Å². The van der Waals surface area contributed by atoms with Crippen molar-refractivity contribution < 1.29 is 5.11 Å². The zero-order valence-corrected chi connectivity index (χ0v) is 12.6. The van der Waals surface area contributed by atoms with Gasteiger partial charge in [-0.3, -0.25) is 0 Å². The molecule has 5 nitrogen and oxygen atoms in total. The first-order chi connectivity index (χ1) is 10.3. The van der Waals surface area contributed by atoms with E-state index < -0.39 is 0 Å². The topological polar surface area (TPSA) is 52.8 Å². The summed E-state index contributed by atoms with van der Waals surface area (Å²) in [6.07, 6.45) is 5.43. The number of fused-ring (bicyclic) bond motifs is 1. The second-order valence-electron chi connectivity index (χ2n) is 5.62. The van der Waals surface area contributed by atoms with E-state index >= 15 is 0 Å². The largest absolute Gasteiger partial charge is 0.396 e. The fourth-order valence-electron chi connectivity index (χ4n) is 2.66. The van der Waals surface area contributed by atoms with Crippen LogP contribution in [-0.4, -0.2) is 40.2 Å². The number of nitrogens with one attached hydrogen (secondary N) is 1. The van der Waals surface area contributed by atoms with E-state index in [1.807, 2.05) is 18.2 Å². The van der Waals surface area contributed by atoms with Crippen molar-refractivity contribution in [3.8, 4) is 0 Å². The van der Waals surface area contributed by atoms with E-state index in [0.29, 0.717) is 6.04 Å². The minimum absolute atomic E-state index is 0.222. The maximum Gasteiger partial charge on any atom is 0.152 e. The second-order valence-corrected chi connectivity index (χ2v) is 5.62. The molecule has 5 heteroatoms. The van der Waals surface area contributed by atoms with Crippen LogP contribution in [0.1, 0.15) is 31.9 Å². The third kappa shape index (κ3) is 3.19. The average Bonchev–Trinajstić information content (AvgIpc) is 3.27. The maximum atomic E-state index is 9.09. The number of aliphatic hydroxyl groups excluding tert-OH is 1. The fourth-order valence-corrected chi connectivity index (χ4v) is 2.66. The zero-order valence-electron chi connectivity index (χ0n) is 12.6. The molecule has 1 aliphatic carbocycles. The minimum atomic E-state index is 0.222. The highest BCUT2D eigenvalue weighted by Crippen LogP contribution is 2.24. The van der Waals surface area contributed by atoms with Gasteiger partial charge in [0.05, 0.1) is 5.69 Å². The van der Waals surface area contributed by atoms with Crippen LogP contribution in [0.3, 0.4) is 0 Å². The molecule has 0 spiro atoms. The molecule has 0 bridgehead atoms. The van der Waals surface area contributed by atoms with Gasteiger partial charge in [0.25, 0.3) is 0 Å². The van der Waals surface area contributed by atoms with Crippen LogP contribution < -0.4 is 10.2 Å². The quantitative estimate of drug-likeness (QED) is 0.777. The summed E-state index contributed by atoms with van der Waals surface area (Å²) in [7, 11) is 0. The first-order valence-corrected chi connectivity index (χ1v) is 7.88. The molecule has 0 unspecified atom stereocenters. The lowest BCUT2D eigenvalue weighted by Crippen LogP contribution is -2.27. The van der Waals surface area contributed by atoms with Gasteiger partial charge in [0.15, 0.2) is 5.82 Å². The number of imidazole rings is 1. The van der Waals surface area contributed by atoms with Crippen LogP contribution >= 0.6 is 0 Å². The van der Waals surface area contributed by atoms with Crippen molar-refractivity contribution in [2.45, 2.75) is 38.8 Å². The number of rotatable bonds is 8. The normalized spacial score (nSPS) is 14.8. The van der Waals surface area contributed by atoms with Gasteiger partial charge in [-0.1, -0.05) is 6.07 Å². The first-order valence-electron chi connectivity index (χ1n) is 7.88. The Morgan fingerprint density at radius 3 is 3.00 bits per heavy atom. The van der Waals surface area contributed by atoms with Crippen LogP contribution in [0.25, 0.3) is 5.65 Å². The number of hydrogen-bond donors (Lipinski definition) is 2. The van der Waals surface area contributed by atoms with Crippen LogP contribution in [-0.2, 0) is 6.54 Å². The molecule has 2 heterocycles. The molecular weight excluding hydrogens is 264 g/mol. The lowest BCUT2D eigenvalue weighted by Gasteiger charge is -2.21. The standard InChI is InChI=1S/C16H24N4O/c1-2-19(9-5-11-21)16-14(12-17-13-7-8-13)20-10-4-3-6-15(20)18-16/h3-4,6,10,13,17,21H,2,5,7-9,11-12H2,1H3. The van der Waals surface area contributed by atoms with E-state index in [2.05, 4.69) is 27.7 Å². The van der Waals surface area contributed by atoms with Crippen LogP contribution in [0.2, 0.25) is 0 Å². The molecular formula is C16H24N4O. The lowest BCUT2D eigenvalue weighted by molar-refractivity contribution is 0.289. The van der Waals surface area contributed by atoms with Gasteiger partial charge >= 0.3 is 0 Å². The Hall–Kier alpha value is -1.59. The maximum absolute atomic E-state index is 9.09. The molecule has 0 radical (unpaired) electrons. The average molecular weight is 288 g/mol. The summed E-state index contributed by atoms with van der Waals surface area (Å²) in [5.41, 5.74) is 2.21. The van der Waals surface area contributed by atoms with Gasteiger partial charge in [-0.15, -0.1) is 0 Å². The van der Waals surface area contributed by atoms with Gasteiger partial charge in [-0.2, -0.15) is 0 Å². The van der Waals surface area contributed by atoms with Gasteiger partial charge in [0, 0.05) is 38.5 Å². The van der Waals surface area contributed by atoms with Crippen molar-refractivity contribution in [1.29, 1.82) is 0 Å². The zero-order chi connectivity index (χ0) is 14.7. The molecule has 2 aromatic heterocycles. The van der Waals surface area contributed by atoms with E-state index in [1.54, 1.807) is 0 Å². The molecule has 2 aromatic rings. The predicted molar refractivity (Wildman–Crippen MR) is 84.6 cm³/mol. The molecule has 114 valence electrons. The van der Waals surface area contributed by atoms with Gasteiger partial charge < -0.3 is 19.7 Å². The van der Waals surface area contributed by atoms with E-state index in [1.165, 1.54) is 18.5 Å². The van der Waals surface area contributed by atoms with Crippen molar-refractivity contribution in [3.63, 3.8) is 0 Å². The summed E-state index contributed by atoms with van der Waals surface area (Å²) in [5.74, 6) is 1.05. The molecule has 21 heavy (non-hydrogen) atoms. The highest BCUT2D eigenvalue weighted by atomic mass is 16.3. The van der Waals surface area contributed by atoms with Gasteiger partial charge in [0.2, 0.25) is 0 Å². The van der Waals surface area contributed by atoms with Crippen LogP contribution in [0, 0.1) is 0 Å². The Morgan fingerprint density at radius 2 is 2.29 bits per heavy atom. The van der Waals surface area contributed by atoms with Crippen LogP contribution in [0.5, 0.6) is 0 Å². The Balaban J connectivity index is 1.91. The molecule has 3 rings (SSSR count). The second kappa shape index (κ2) is 6.45. The van der Waals surface area contributed by atoms with Gasteiger partial charge in [-0.25, -0.2) is 4.98 Å². The number of aromatic nitrogens is 2.